The Morgan fingerprint density at radius 1 is 1.50 bits per heavy atom. The zero-order valence-corrected chi connectivity index (χ0v) is 7.11. The number of halogens is 1. The SMILES string of the molecule is CCC(CC)(CCl)C(=O)O. The number of aliphatic carboxylic acids is 1. The average molecular weight is 165 g/mol. The van der Waals surface area contributed by atoms with Crippen molar-refractivity contribution in [3.8, 4) is 0 Å². The van der Waals surface area contributed by atoms with E-state index in [1.165, 1.54) is 0 Å². The highest BCUT2D eigenvalue weighted by Gasteiger charge is 2.33. The molecule has 0 spiro atoms. The van der Waals surface area contributed by atoms with Crippen molar-refractivity contribution in [1.82, 2.24) is 0 Å². The Morgan fingerprint density at radius 2 is 1.90 bits per heavy atom. The second-order valence-corrected chi connectivity index (χ2v) is 2.69. The fourth-order valence-electron chi connectivity index (χ4n) is 0.799. The average Bonchev–Trinajstić information content (AvgIpc) is 1.92. The second kappa shape index (κ2) is 3.81. The molecule has 0 aromatic heterocycles. The number of hydrogen-bond acceptors (Lipinski definition) is 1. The van der Waals surface area contributed by atoms with Gasteiger partial charge >= 0.3 is 5.97 Å². The molecule has 0 atom stereocenters. The fraction of sp³-hybridized carbons (Fsp3) is 0.857. The van der Waals surface area contributed by atoms with Gasteiger partial charge in [-0.2, -0.15) is 0 Å². The van der Waals surface area contributed by atoms with Crippen LogP contribution in [0.1, 0.15) is 26.7 Å². The third-order valence-corrected chi connectivity index (χ3v) is 2.57. The van der Waals surface area contributed by atoms with Crippen LogP contribution in [-0.2, 0) is 4.79 Å². The van der Waals surface area contributed by atoms with Gasteiger partial charge in [-0.1, -0.05) is 13.8 Å². The van der Waals surface area contributed by atoms with E-state index in [9.17, 15) is 4.79 Å². The van der Waals surface area contributed by atoms with Gasteiger partial charge in [0, 0.05) is 5.88 Å². The summed E-state index contributed by atoms with van der Waals surface area (Å²) in [5.74, 6) is -0.581. The summed E-state index contributed by atoms with van der Waals surface area (Å²) in [6.45, 7) is 3.69. The molecule has 0 unspecified atom stereocenters. The number of alkyl halides is 1. The van der Waals surface area contributed by atoms with Crippen LogP contribution in [0, 0.1) is 5.41 Å². The molecule has 0 aromatic rings. The van der Waals surface area contributed by atoms with Gasteiger partial charge in [0.2, 0.25) is 0 Å². The van der Waals surface area contributed by atoms with Crippen LogP contribution in [0.2, 0.25) is 0 Å². The summed E-state index contributed by atoms with van der Waals surface area (Å²) in [7, 11) is 0. The van der Waals surface area contributed by atoms with E-state index >= 15 is 0 Å². The Morgan fingerprint density at radius 3 is 1.90 bits per heavy atom. The predicted molar refractivity (Wildman–Crippen MR) is 41.4 cm³/mol. The molecular weight excluding hydrogens is 152 g/mol. The van der Waals surface area contributed by atoms with Crippen LogP contribution in [-0.4, -0.2) is 17.0 Å². The van der Waals surface area contributed by atoms with Crippen LogP contribution >= 0.6 is 11.6 Å². The number of carboxylic acids is 1. The van der Waals surface area contributed by atoms with Crippen LogP contribution in [0.5, 0.6) is 0 Å². The van der Waals surface area contributed by atoms with E-state index in [1.807, 2.05) is 13.8 Å². The summed E-state index contributed by atoms with van der Waals surface area (Å²) in [6, 6.07) is 0. The summed E-state index contributed by atoms with van der Waals surface area (Å²) in [5, 5.41) is 8.74. The zero-order chi connectivity index (χ0) is 8.20. The number of rotatable bonds is 4. The van der Waals surface area contributed by atoms with E-state index in [0.29, 0.717) is 12.8 Å². The summed E-state index contributed by atoms with van der Waals surface area (Å²) in [6.07, 6.45) is 1.20. The molecule has 0 bridgehead atoms. The van der Waals surface area contributed by atoms with Crippen molar-refractivity contribution in [2.45, 2.75) is 26.7 Å². The number of carbonyl (C=O) groups is 1. The molecule has 0 aliphatic heterocycles. The van der Waals surface area contributed by atoms with Crippen molar-refractivity contribution in [3.63, 3.8) is 0 Å². The highest BCUT2D eigenvalue weighted by Crippen LogP contribution is 2.27. The molecule has 0 aliphatic carbocycles. The van der Waals surface area contributed by atoms with Gasteiger partial charge in [-0.05, 0) is 12.8 Å². The molecule has 0 aliphatic rings. The minimum Gasteiger partial charge on any atom is -0.481 e. The maximum atomic E-state index is 10.6. The minimum atomic E-state index is -0.785. The predicted octanol–water partition coefficient (Wildman–Crippen LogP) is 2.12. The maximum absolute atomic E-state index is 10.6. The van der Waals surface area contributed by atoms with Crippen LogP contribution < -0.4 is 0 Å². The fourth-order valence-corrected chi connectivity index (χ4v) is 1.29. The standard InChI is InChI=1S/C7H13ClO2/c1-3-7(4-2,5-8)6(9)10/h3-5H2,1-2H3,(H,9,10). The molecule has 0 saturated heterocycles. The Hall–Kier alpha value is -0.240. The van der Waals surface area contributed by atoms with E-state index in [-0.39, 0.29) is 5.88 Å². The first-order chi connectivity index (χ1) is 4.63. The van der Waals surface area contributed by atoms with Gasteiger partial charge in [0.25, 0.3) is 0 Å². The van der Waals surface area contributed by atoms with Crippen molar-refractivity contribution in [2.75, 3.05) is 5.88 Å². The summed E-state index contributed by atoms with van der Waals surface area (Å²) < 4.78 is 0. The summed E-state index contributed by atoms with van der Waals surface area (Å²) in [5.41, 5.74) is -0.693. The van der Waals surface area contributed by atoms with Gasteiger partial charge in [-0.25, -0.2) is 0 Å². The third-order valence-electron chi connectivity index (χ3n) is 2.06. The molecule has 10 heavy (non-hydrogen) atoms. The van der Waals surface area contributed by atoms with E-state index in [0.717, 1.165) is 0 Å². The Kier molecular flexibility index (Phi) is 3.72. The largest absolute Gasteiger partial charge is 0.481 e. The minimum absolute atomic E-state index is 0.204. The van der Waals surface area contributed by atoms with Crippen LogP contribution in [0.3, 0.4) is 0 Å². The second-order valence-electron chi connectivity index (χ2n) is 2.43. The molecule has 3 heteroatoms. The molecule has 0 fully saturated rings. The molecular formula is C7H13ClO2. The van der Waals surface area contributed by atoms with Gasteiger partial charge in [0.05, 0.1) is 5.41 Å². The van der Waals surface area contributed by atoms with Gasteiger partial charge in [-0.15, -0.1) is 11.6 Å². The molecule has 60 valence electrons. The monoisotopic (exact) mass is 164 g/mol. The first-order valence-electron chi connectivity index (χ1n) is 3.42. The number of carboxylic acid groups (broad SMARTS) is 1. The molecule has 0 heterocycles. The highest BCUT2D eigenvalue weighted by atomic mass is 35.5. The highest BCUT2D eigenvalue weighted by molar-refractivity contribution is 6.19. The van der Waals surface area contributed by atoms with Gasteiger partial charge in [0.15, 0.2) is 0 Å². The van der Waals surface area contributed by atoms with Gasteiger partial charge in [-0.3, -0.25) is 4.79 Å². The lowest BCUT2D eigenvalue weighted by Gasteiger charge is -2.22. The normalized spacial score (nSPS) is 11.5. The quantitative estimate of drug-likeness (QED) is 0.647. The lowest BCUT2D eigenvalue weighted by molar-refractivity contribution is -0.148. The van der Waals surface area contributed by atoms with E-state index < -0.39 is 11.4 Å². The number of hydrogen-bond donors (Lipinski definition) is 1. The van der Waals surface area contributed by atoms with Crippen molar-refractivity contribution < 1.29 is 9.90 Å². The van der Waals surface area contributed by atoms with E-state index in [4.69, 9.17) is 16.7 Å². The van der Waals surface area contributed by atoms with Crippen molar-refractivity contribution >= 4 is 17.6 Å². The summed E-state index contributed by atoms with van der Waals surface area (Å²) in [4.78, 5) is 10.6. The topological polar surface area (TPSA) is 37.3 Å². The van der Waals surface area contributed by atoms with Gasteiger partial charge in [0.1, 0.15) is 0 Å². The maximum Gasteiger partial charge on any atom is 0.310 e. The van der Waals surface area contributed by atoms with Crippen LogP contribution in [0.15, 0.2) is 0 Å². The lowest BCUT2D eigenvalue weighted by Crippen LogP contribution is -2.31. The van der Waals surface area contributed by atoms with Crippen LogP contribution in [0.25, 0.3) is 0 Å². The van der Waals surface area contributed by atoms with Crippen molar-refractivity contribution in [2.24, 2.45) is 5.41 Å². The molecule has 1 N–H and O–H groups in total. The molecule has 0 rings (SSSR count). The Labute approximate surface area is 66.2 Å². The third kappa shape index (κ3) is 1.63. The van der Waals surface area contributed by atoms with E-state index in [2.05, 4.69) is 0 Å². The Bertz CT molecular complexity index is 111. The summed E-state index contributed by atoms with van der Waals surface area (Å²) >= 11 is 5.54. The van der Waals surface area contributed by atoms with Crippen molar-refractivity contribution in [1.29, 1.82) is 0 Å². The first-order valence-corrected chi connectivity index (χ1v) is 3.95. The van der Waals surface area contributed by atoms with E-state index in [1.54, 1.807) is 0 Å². The molecule has 0 saturated carbocycles. The van der Waals surface area contributed by atoms with Crippen molar-refractivity contribution in [3.05, 3.63) is 0 Å². The van der Waals surface area contributed by atoms with Gasteiger partial charge < -0.3 is 5.11 Å². The molecule has 0 radical (unpaired) electrons. The van der Waals surface area contributed by atoms with Crippen LogP contribution in [0.4, 0.5) is 0 Å². The lowest BCUT2D eigenvalue weighted by atomic mass is 9.85. The molecule has 2 nitrogen and oxygen atoms in total. The zero-order valence-electron chi connectivity index (χ0n) is 6.35. The first kappa shape index (κ1) is 9.76. The molecule has 0 aromatic carbocycles. The Balaban J connectivity index is 4.31. The smallest absolute Gasteiger partial charge is 0.310 e. The molecule has 0 amide bonds.